The summed E-state index contributed by atoms with van der Waals surface area (Å²) in [6, 6.07) is 17.9. The minimum atomic E-state index is -1.20. The summed E-state index contributed by atoms with van der Waals surface area (Å²) in [4.78, 5) is 27.7. The van der Waals surface area contributed by atoms with E-state index in [0.29, 0.717) is 5.56 Å². The van der Waals surface area contributed by atoms with Gasteiger partial charge < -0.3 is 15.2 Å². The molecule has 0 saturated carbocycles. The summed E-state index contributed by atoms with van der Waals surface area (Å²) in [5.74, 6) is -1.25. The van der Waals surface area contributed by atoms with E-state index in [1.54, 1.807) is 12.1 Å². The van der Waals surface area contributed by atoms with E-state index in [4.69, 9.17) is 4.74 Å². The largest absolute Gasteiger partial charge is 0.479 e. The maximum atomic E-state index is 12.3. The summed E-state index contributed by atoms with van der Waals surface area (Å²) in [6.07, 6.45) is 2.18. The van der Waals surface area contributed by atoms with Crippen molar-refractivity contribution in [3.8, 4) is 11.1 Å². The molecule has 1 amide bonds. The molecule has 0 radical (unpaired) electrons. The molecule has 140 valence electrons. The number of hydrogen-bond donors (Lipinski definition) is 2. The van der Waals surface area contributed by atoms with Crippen LogP contribution in [0.3, 0.4) is 0 Å². The molecule has 2 aromatic carbocycles. The minimum Gasteiger partial charge on any atom is -0.479 e. The number of carboxylic acids is 1. The van der Waals surface area contributed by atoms with Crippen molar-refractivity contribution in [1.29, 1.82) is 0 Å². The lowest BCUT2D eigenvalue weighted by atomic mass is 9.98. The van der Waals surface area contributed by atoms with Crippen molar-refractivity contribution in [2.45, 2.75) is 12.0 Å². The summed E-state index contributed by atoms with van der Waals surface area (Å²) >= 11 is 0. The number of hydrogen-bond acceptors (Lipinski definition) is 4. The molecule has 0 unspecified atom stereocenters. The molecule has 0 spiro atoms. The number of pyridine rings is 1. The number of fused-ring (bicyclic) bond motifs is 3. The summed E-state index contributed by atoms with van der Waals surface area (Å²) in [5, 5.41) is 11.8. The van der Waals surface area contributed by atoms with Gasteiger partial charge in [-0.3, -0.25) is 4.98 Å². The number of nitrogens with one attached hydrogen (secondary N) is 1. The molecule has 1 aliphatic carbocycles. The van der Waals surface area contributed by atoms with E-state index in [1.807, 2.05) is 36.4 Å². The van der Waals surface area contributed by atoms with Crippen molar-refractivity contribution in [3.63, 3.8) is 0 Å². The van der Waals surface area contributed by atoms with E-state index in [0.717, 1.165) is 22.3 Å². The molecule has 3 aromatic rings. The number of benzene rings is 2. The second kappa shape index (κ2) is 7.52. The molecule has 2 N–H and O–H groups in total. The van der Waals surface area contributed by atoms with Gasteiger partial charge in [0.05, 0.1) is 0 Å². The van der Waals surface area contributed by atoms with E-state index in [9.17, 15) is 14.7 Å². The Labute approximate surface area is 161 Å². The molecular formula is C22H18N2O4. The van der Waals surface area contributed by atoms with Crippen molar-refractivity contribution in [2.75, 3.05) is 6.61 Å². The highest BCUT2D eigenvalue weighted by molar-refractivity contribution is 5.82. The van der Waals surface area contributed by atoms with Crippen LogP contribution in [0.5, 0.6) is 0 Å². The maximum Gasteiger partial charge on any atom is 0.408 e. The van der Waals surface area contributed by atoms with Gasteiger partial charge in [0.2, 0.25) is 0 Å². The molecular weight excluding hydrogens is 356 g/mol. The first-order valence-corrected chi connectivity index (χ1v) is 8.89. The van der Waals surface area contributed by atoms with Gasteiger partial charge in [0.15, 0.2) is 6.04 Å². The Morgan fingerprint density at radius 2 is 1.54 bits per heavy atom. The molecule has 0 aliphatic heterocycles. The third kappa shape index (κ3) is 3.32. The molecule has 0 saturated heterocycles. The highest BCUT2D eigenvalue weighted by Gasteiger charge is 2.30. The average Bonchev–Trinajstić information content (AvgIpc) is 3.05. The number of carboxylic acid groups (broad SMARTS) is 1. The maximum absolute atomic E-state index is 12.3. The van der Waals surface area contributed by atoms with Gasteiger partial charge in [-0.2, -0.15) is 0 Å². The zero-order valence-electron chi connectivity index (χ0n) is 14.9. The Bertz CT molecular complexity index is 974. The van der Waals surface area contributed by atoms with E-state index in [2.05, 4.69) is 22.4 Å². The number of ether oxygens (including phenoxy) is 1. The molecule has 0 fully saturated rings. The second-order valence-corrected chi connectivity index (χ2v) is 6.52. The Morgan fingerprint density at radius 1 is 0.964 bits per heavy atom. The normalized spacial score (nSPS) is 13.3. The number of rotatable bonds is 5. The fourth-order valence-electron chi connectivity index (χ4n) is 3.60. The van der Waals surface area contributed by atoms with Crippen LogP contribution in [0.2, 0.25) is 0 Å². The lowest BCUT2D eigenvalue weighted by Gasteiger charge is -2.17. The first-order chi connectivity index (χ1) is 13.6. The SMILES string of the molecule is O=C(N[C@H](C(=O)O)c1ccncc1)OCC1c2ccccc2-c2ccccc21. The van der Waals surface area contributed by atoms with Crippen LogP contribution in [0.15, 0.2) is 73.1 Å². The number of alkyl carbamates (subject to hydrolysis) is 1. The Morgan fingerprint density at radius 3 is 2.11 bits per heavy atom. The second-order valence-electron chi connectivity index (χ2n) is 6.52. The first-order valence-electron chi connectivity index (χ1n) is 8.89. The van der Waals surface area contributed by atoms with Crippen LogP contribution in [-0.2, 0) is 9.53 Å². The van der Waals surface area contributed by atoms with Gasteiger partial charge >= 0.3 is 12.1 Å². The van der Waals surface area contributed by atoms with Crippen LogP contribution in [0.1, 0.15) is 28.7 Å². The van der Waals surface area contributed by atoms with Crippen molar-refractivity contribution < 1.29 is 19.4 Å². The Hall–Kier alpha value is -3.67. The number of carbonyl (C=O) groups is 2. The topological polar surface area (TPSA) is 88.5 Å². The van der Waals surface area contributed by atoms with E-state index < -0.39 is 18.1 Å². The summed E-state index contributed by atoms with van der Waals surface area (Å²) < 4.78 is 5.41. The van der Waals surface area contributed by atoms with Gasteiger partial charge in [-0.1, -0.05) is 48.5 Å². The van der Waals surface area contributed by atoms with Crippen LogP contribution >= 0.6 is 0 Å². The number of nitrogens with zero attached hydrogens (tertiary/aromatic N) is 1. The Balaban J connectivity index is 1.49. The lowest BCUT2D eigenvalue weighted by molar-refractivity contribution is -0.139. The minimum absolute atomic E-state index is 0.0812. The van der Waals surface area contributed by atoms with Crippen molar-refractivity contribution in [1.82, 2.24) is 10.3 Å². The van der Waals surface area contributed by atoms with Gasteiger partial charge in [-0.25, -0.2) is 9.59 Å². The molecule has 0 bridgehead atoms. The monoisotopic (exact) mass is 374 g/mol. The molecule has 1 heterocycles. The summed E-state index contributed by atoms with van der Waals surface area (Å²) in [7, 11) is 0. The predicted molar refractivity (Wildman–Crippen MR) is 103 cm³/mol. The number of aliphatic carboxylic acids is 1. The van der Waals surface area contributed by atoms with Crippen LogP contribution in [-0.4, -0.2) is 28.8 Å². The number of carbonyl (C=O) groups excluding carboxylic acids is 1. The standard InChI is InChI=1S/C22H18N2O4/c25-21(26)20(14-9-11-23-12-10-14)24-22(27)28-13-19-17-7-3-1-5-15(17)16-6-2-4-8-18(16)19/h1-12,19-20H,13H2,(H,24,27)(H,25,26)/t20-/m0/s1. The number of aromatic nitrogens is 1. The molecule has 6 nitrogen and oxygen atoms in total. The predicted octanol–water partition coefficient (Wildman–Crippen LogP) is 3.75. The fraction of sp³-hybridized carbons (Fsp3) is 0.136. The lowest BCUT2D eigenvalue weighted by Crippen LogP contribution is -2.34. The van der Waals surface area contributed by atoms with E-state index >= 15 is 0 Å². The molecule has 4 rings (SSSR count). The van der Waals surface area contributed by atoms with Gasteiger partial charge in [-0.05, 0) is 39.9 Å². The zero-order chi connectivity index (χ0) is 19.5. The highest BCUT2D eigenvalue weighted by atomic mass is 16.5. The van der Waals surface area contributed by atoms with Crippen LogP contribution in [0.25, 0.3) is 11.1 Å². The van der Waals surface area contributed by atoms with Crippen molar-refractivity contribution in [3.05, 3.63) is 89.7 Å². The summed E-state index contributed by atoms with van der Waals surface area (Å²) in [5.41, 5.74) is 4.89. The Kier molecular flexibility index (Phi) is 4.76. The van der Waals surface area contributed by atoms with Gasteiger partial charge in [-0.15, -0.1) is 0 Å². The van der Waals surface area contributed by atoms with Crippen molar-refractivity contribution >= 4 is 12.1 Å². The average molecular weight is 374 g/mol. The van der Waals surface area contributed by atoms with Gasteiger partial charge in [0.1, 0.15) is 6.61 Å². The molecule has 28 heavy (non-hydrogen) atoms. The van der Waals surface area contributed by atoms with Crippen molar-refractivity contribution in [2.24, 2.45) is 0 Å². The zero-order valence-corrected chi connectivity index (χ0v) is 14.9. The van der Waals surface area contributed by atoms with E-state index in [-0.39, 0.29) is 12.5 Å². The first kappa shape index (κ1) is 17.7. The molecule has 1 aromatic heterocycles. The molecule has 1 atom stereocenters. The molecule has 1 aliphatic rings. The van der Waals surface area contributed by atoms with Crippen LogP contribution in [0, 0.1) is 0 Å². The molecule has 6 heteroatoms. The smallest absolute Gasteiger partial charge is 0.408 e. The van der Waals surface area contributed by atoms with Crippen LogP contribution < -0.4 is 5.32 Å². The third-order valence-corrected chi connectivity index (χ3v) is 4.89. The van der Waals surface area contributed by atoms with Gasteiger partial charge in [0, 0.05) is 18.3 Å². The van der Waals surface area contributed by atoms with E-state index in [1.165, 1.54) is 12.4 Å². The third-order valence-electron chi connectivity index (χ3n) is 4.89. The van der Waals surface area contributed by atoms with Crippen LogP contribution in [0.4, 0.5) is 4.79 Å². The quantitative estimate of drug-likeness (QED) is 0.710. The van der Waals surface area contributed by atoms with Gasteiger partial charge in [0.25, 0.3) is 0 Å². The fourth-order valence-corrected chi connectivity index (χ4v) is 3.60. The number of amides is 1. The summed E-state index contributed by atoms with van der Waals surface area (Å²) in [6.45, 7) is 0.128. The highest BCUT2D eigenvalue weighted by Crippen LogP contribution is 2.44.